The van der Waals surface area contributed by atoms with E-state index in [9.17, 15) is 4.79 Å². The van der Waals surface area contributed by atoms with Gasteiger partial charge in [0.1, 0.15) is 6.33 Å². The molecule has 6 nitrogen and oxygen atoms in total. The lowest BCUT2D eigenvalue weighted by Gasteiger charge is -2.23. The molecule has 0 unspecified atom stereocenters. The highest BCUT2D eigenvalue weighted by Gasteiger charge is 2.23. The van der Waals surface area contributed by atoms with Crippen molar-refractivity contribution in [1.82, 2.24) is 14.8 Å². The summed E-state index contributed by atoms with van der Waals surface area (Å²) in [5.41, 5.74) is 3.34. The molecule has 126 valence electrons. The number of rotatable bonds is 2. The quantitative estimate of drug-likeness (QED) is 0.661. The van der Waals surface area contributed by atoms with Crippen LogP contribution < -0.4 is 4.90 Å². The molecule has 1 aromatic heterocycles. The lowest BCUT2D eigenvalue weighted by atomic mass is 10.1. The van der Waals surface area contributed by atoms with E-state index >= 15 is 0 Å². The summed E-state index contributed by atoms with van der Waals surface area (Å²) in [6, 6.07) is 13.2. The average molecular weight is 355 g/mol. The molecular weight excluding hydrogens is 340 g/mol. The lowest BCUT2D eigenvalue weighted by Crippen LogP contribution is -2.22. The fourth-order valence-corrected chi connectivity index (χ4v) is 3.33. The number of methoxy groups -OCH3 is 1. The molecule has 0 N–H and O–H groups in total. The maximum absolute atomic E-state index is 11.9. The van der Waals surface area contributed by atoms with Crippen molar-refractivity contribution in [2.45, 2.75) is 13.1 Å². The Balaban J connectivity index is 1.85. The third kappa shape index (κ3) is 2.74. The molecule has 0 saturated heterocycles. The number of para-hydroxylation sites is 1. The van der Waals surface area contributed by atoms with Crippen LogP contribution in [0.15, 0.2) is 48.8 Å². The van der Waals surface area contributed by atoms with Crippen molar-refractivity contribution < 1.29 is 9.53 Å². The van der Waals surface area contributed by atoms with Gasteiger partial charge in [-0.3, -0.25) is 4.57 Å². The van der Waals surface area contributed by atoms with Gasteiger partial charge in [-0.05, 0) is 35.9 Å². The first kappa shape index (κ1) is 15.7. The number of hydrogen-bond donors (Lipinski definition) is 0. The summed E-state index contributed by atoms with van der Waals surface area (Å²) in [5, 5.41) is 8.93. The summed E-state index contributed by atoms with van der Waals surface area (Å²) in [6.45, 7) is 1.15. The Kier molecular flexibility index (Phi) is 3.89. The number of fused-ring (bicyclic) bond motifs is 3. The van der Waals surface area contributed by atoms with E-state index in [4.69, 9.17) is 16.3 Å². The van der Waals surface area contributed by atoms with E-state index in [0.29, 0.717) is 23.7 Å². The van der Waals surface area contributed by atoms with Crippen molar-refractivity contribution in [3.63, 3.8) is 0 Å². The first-order chi connectivity index (χ1) is 12.2. The molecule has 0 amide bonds. The molecule has 7 heteroatoms. The fraction of sp³-hybridized carbons (Fsp3) is 0.167. The summed E-state index contributed by atoms with van der Waals surface area (Å²) in [4.78, 5) is 14.0. The van der Waals surface area contributed by atoms with Gasteiger partial charge in [0.15, 0.2) is 5.82 Å². The first-order valence-corrected chi connectivity index (χ1v) is 8.15. The van der Waals surface area contributed by atoms with E-state index in [-0.39, 0.29) is 5.97 Å². The molecular formula is C18H15ClN4O2. The number of anilines is 1. The maximum atomic E-state index is 11.9. The Bertz CT molecular complexity index is 954. The number of carbonyl (C=O) groups is 1. The van der Waals surface area contributed by atoms with Crippen LogP contribution >= 0.6 is 11.6 Å². The molecule has 4 rings (SSSR count). The zero-order valence-corrected chi connectivity index (χ0v) is 14.3. The van der Waals surface area contributed by atoms with Crippen LogP contribution in [-0.2, 0) is 17.8 Å². The van der Waals surface area contributed by atoms with Crippen LogP contribution in [0.3, 0.4) is 0 Å². The number of halogens is 1. The number of esters is 1. The van der Waals surface area contributed by atoms with Crippen molar-refractivity contribution in [1.29, 1.82) is 0 Å². The van der Waals surface area contributed by atoms with Gasteiger partial charge < -0.3 is 9.64 Å². The number of hydrogen-bond acceptors (Lipinski definition) is 5. The number of nitrogens with zero attached hydrogens (tertiary/aromatic N) is 4. The van der Waals surface area contributed by atoms with E-state index in [0.717, 1.165) is 22.8 Å². The number of benzene rings is 2. The van der Waals surface area contributed by atoms with Gasteiger partial charge >= 0.3 is 5.97 Å². The van der Waals surface area contributed by atoms with Crippen LogP contribution in [0.4, 0.5) is 5.69 Å². The minimum atomic E-state index is -0.361. The third-order valence-corrected chi connectivity index (χ3v) is 4.58. The van der Waals surface area contributed by atoms with Gasteiger partial charge in [-0.1, -0.05) is 23.7 Å². The number of carbonyl (C=O) groups excluding carboxylic acids is 1. The molecule has 0 fully saturated rings. The van der Waals surface area contributed by atoms with Gasteiger partial charge in [-0.2, -0.15) is 0 Å². The molecule has 0 saturated carbocycles. The van der Waals surface area contributed by atoms with Gasteiger partial charge in [0.05, 0.1) is 35.6 Å². The van der Waals surface area contributed by atoms with Crippen molar-refractivity contribution in [2.24, 2.45) is 0 Å². The zero-order chi connectivity index (χ0) is 17.4. The summed E-state index contributed by atoms with van der Waals surface area (Å²) in [6.07, 6.45) is 1.68. The molecule has 0 bridgehead atoms. The Morgan fingerprint density at radius 1 is 1.16 bits per heavy atom. The number of aromatic nitrogens is 3. The molecule has 25 heavy (non-hydrogen) atoms. The topological polar surface area (TPSA) is 60.2 Å². The van der Waals surface area contributed by atoms with Gasteiger partial charge in [0.2, 0.25) is 0 Å². The van der Waals surface area contributed by atoms with E-state index in [1.807, 2.05) is 41.0 Å². The number of ether oxygens (including phenoxy) is 1. The van der Waals surface area contributed by atoms with Crippen molar-refractivity contribution in [3.05, 3.63) is 70.8 Å². The second-order valence-corrected chi connectivity index (χ2v) is 6.17. The van der Waals surface area contributed by atoms with Crippen molar-refractivity contribution in [3.8, 4) is 5.69 Å². The van der Waals surface area contributed by atoms with Crippen molar-refractivity contribution >= 4 is 23.3 Å². The van der Waals surface area contributed by atoms with E-state index in [1.54, 1.807) is 12.4 Å². The normalized spacial score (nSPS) is 13.0. The SMILES string of the molecule is COC(=O)c1ccc2c(c1)CN(c1ccccc1Cl)Cc1nncn1-2. The fourth-order valence-electron chi connectivity index (χ4n) is 3.07. The second kappa shape index (κ2) is 6.22. The van der Waals surface area contributed by atoms with Crippen LogP contribution in [0.1, 0.15) is 21.7 Å². The van der Waals surface area contributed by atoms with Crippen LogP contribution in [0.5, 0.6) is 0 Å². The van der Waals surface area contributed by atoms with Gasteiger partial charge in [0.25, 0.3) is 0 Å². The summed E-state index contributed by atoms with van der Waals surface area (Å²) in [5.74, 6) is 0.449. The van der Waals surface area contributed by atoms with E-state index < -0.39 is 0 Å². The Hall–Kier alpha value is -2.86. The van der Waals surface area contributed by atoms with Gasteiger partial charge in [-0.15, -0.1) is 10.2 Å². The average Bonchev–Trinajstić information content (AvgIpc) is 3.03. The van der Waals surface area contributed by atoms with Crippen LogP contribution in [0.2, 0.25) is 5.02 Å². The Morgan fingerprint density at radius 2 is 2.00 bits per heavy atom. The van der Waals surface area contributed by atoms with Crippen LogP contribution in [-0.4, -0.2) is 27.8 Å². The molecule has 0 atom stereocenters. The maximum Gasteiger partial charge on any atom is 0.337 e. The highest BCUT2D eigenvalue weighted by atomic mass is 35.5. The predicted molar refractivity (Wildman–Crippen MR) is 94.0 cm³/mol. The molecule has 1 aliphatic rings. The molecule has 0 radical (unpaired) electrons. The summed E-state index contributed by atoms with van der Waals surface area (Å²) in [7, 11) is 1.38. The minimum Gasteiger partial charge on any atom is -0.465 e. The van der Waals surface area contributed by atoms with E-state index in [2.05, 4.69) is 15.1 Å². The molecule has 3 aromatic rings. The summed E-state index contributed by atoms with van der Waals surface area (Å²) < 4.78 is 6.78. The van der Waals surface area contributed by atoms with Crippen LogP contribution in [0.25, 0.3) is 5.69 Å². The zero-order valence-electron chi connectivity index (χ0n) is 13.5. The Morgan fingerprint density at radius 3 is 2.80 bits per heavy atom. The minimum absolute atomic E-state index is 0.361. The second-order valence-electron chi connectivity index (χ2n) is 5.76. The van der Waals surface area contributed by atoms with Crippen molar-refractivity contribution in [2.75, 3.05) is 12.0 Å². The predicted octanol–water partition coefficient (Wildman–Crippen LogP) is 3.23. The first-order valence-electron chi connectivity index (χ1n) is 7.77. The lowest BCUT2D eigenvalue weighted by molar-refractivity contribution is 0.0600. The van der Waals surface area contributed by atoms with Crippen LogP contribution in [0, 0.1) is 0 Å². The van der Waals surface area contributed by atoms with Gasteiger partial charge in [0, 0.05) is 6.54 Å². The molecule has 0 spiro atoms. The monoisotopic (exact) mass is 354 g/mol. The highest BCUT2D eigenvalue weighted by molar-refractivity contribution is 6.33. The molecule has 1 aliphatic heterocycles. The van der Waals surface area contributed by atoms with E-state index in [1.165, 1.54) is 7.11 Å². The third-order valence-electron chi connectivity index (χ3n) is 4.27. The Labute approximate surface area is 149 Å². The smallest absolute Gasteiger partial charge is 0.337 e. The standard InChI is InChI=1S/C18H15ClN4O2/c1-25-18(24)12-6-7-15-13(8-12)9-22(10-17-21-20-11-23(15)17)16-5-3-2-4-14(16)19/h2-8,11H,9-10H2,1H3. The molecule has 2 heterocycles. The summed E-state index contributed by atoms with van der Waals surface area (Å²) >= 11 is 6.38. The van der Waals surface area contributed by atoms with Gasteiger partial charge in [-0.25, -0.2) is 4.79 Å². The molecule has 2 aromatic carbocycles. The largest absolute Gasteiger partial charge is 0.465 e. The molecule has 0 aliphatic carbocycles. The highest BCUT2D eigenvalue weighted by Crippen LogP contribution is 2.32.